The van der Waals surface area contributed by atoms with Crippen molar-refractivity contribution in [2.45, 2.75) is 88.9 Å². The van der Waals surface area contributed by atoms with Crippen LogP contribution in [0.4, 0.5) is 17.5 Å². The minimum absolute atomic E-state index is 0.198. The van der Waals surface area contributed by atoms with Crippen LogP contribution in [0.1, 0.15) is 102 Å². The predicted octanol–water partition coefficient (Wildman–Crippen LogP) is 5.37. The molecule has 3 fully saturated rings. The summed E-state index contributed by atoms with van der Waals surface area (Å²) in [7, 11) is 0. The molecule has 4 aromatic rings. The molecule has 0 radical (unpaired) electrons. The number of hydrogen-bond acceptors (Lipinski definition) is 10. The quantitative estimate of drug-likeness (QED) is 0.193. The van der Waals surface area contributed by atoms with E-state index in [0.29, 0.717) is 49.2 Å². The van der Waals surface area contributed by atoms with E-state index < -0.39 is 17.6 Å². The van der Waals surface area contributed by atoms with Crippen LogP contribution in [0, 0.1) is 0 Å². The van der Waals surface area contributed by atoms with E-state index >= 15 is 0 Å². The van der Waals surface area contributed by atoms with E-state index in [4.69, 9.17) is 0 Å². The molecule has 3 amide bonds. The molecule has 4 aliphatic rings. The zero-order valence-electron chi connectivity index (χ0n) is 31.0. The number of likely N-dealkylation sites (tertiary alicyclic amines) is 1. The van der Waals surface area contributed by atoms with Crippen molar-refractivity contribution < 1.29 is 19.5 Å². The number of nitrogens with one attached hydrogen (secondary N) is 2. The third kappa shape index (κ3) is 7.45. The number of nitrogens with zero attached hydrogens (tertiary/aromatic N) is 6. The second-order valence-electron chi connectivity index (χ2n) is 15.6. The summed E-state index contributed by atoms with van der Waals surface area (Å²) in [5.74, 6) is 1.25. The lowest BCUT2D eigenvalue weighted by molar-refractivity contribution is -0.136. The molecule has 12 heteroatoms. The highest BCUT2D eigenvalue weighted by molar-refractivity contribution is 6.05. The molecule has 0 spiro atoms. The topological polar surface area (TPSA) is 144 Å². The highest BCUT2D eigenvalue weighted by Crippen LogP contribution is 2.37. The van der Waals surface area contributed by atoms with Crippen LogP contribution in [0.3, 0.4) is 0 Å². The van der Waals surface area contributed by atoms with Crippen LogP contribution < -0.4 is 15.5 Å². The minimum Gasteiger partial charge on any atom is -0.385 e. The molecule has 280 valence electrons. The Hall–Kier alpha value is -5.20. The number of anilines is 3. The molecule has 2 aromatic heterocycles. The Balaban J connectivity index is 0.801. The van der Waals surface area contributed by atoms with Crippen molar-refractivity contribution in [1.29, 1.82) is 0 Å². The number of carbonyl (C=O) groups is 3. The van der Waals surface area contributed by atoms with E-state index in [-0.39, 0.29) is 18.2 Å². The first-order valence-corrected chi connectivity index (χ1v) is 19.2. The Labute approximate surface area is 316 Å². The lowest BCUT2D eigenvalue weighted by Gasteiger charge is -2.39. The number of benzene rings is 2. The molecule has 3 saturated heterocycles. The third-order valence-corrected chi connectivity index (χ3v) is 11.8. The van der Waals surface area contributed by atoms with Crippen molar-refractivity contribution in [2.75, 3.05) is 36.4 Å². The molecule has 1 atom stereocenters. The number of amides is 3. The van der Waals surface area contributed by atoms with Gasteiger partial charge in [0.05, 0.1) is 5.60 Å². The van der Waals surface area contributed by atoms with Gasteiger partial charge in [0.25, 0.3) is 5.91 Å². The van der Waals surface area contributed by atoms with Crippen molar-refractivity contribution in [1.82, 2.24) is 30.1 Å². The highest BCUT2D eigenvalue weighted by Gasteiger charge is 2.41. The van der Waals surface area contributed by atoms with Crippen molar-refractivity contribution >= 4 is 35.2 Å². The maximum Gasteiger partial charge on any atom is 0.255 e. The SMILES string of the molecule is CC(C)c1cnc(Nc2ccc(C3CCN(c4ccc(CN5CCC(O)(c6ccc7c(c6)CN(C6CCC(=O)NC6=O)C7=O)CC5)cc4)CC3)cn2)nc1. The number of imide groups is 1. The molecule has 0 saturated carbocycles. The third-order valence-electron chi connectivity index (χ3n) is 11.8. The second kappa shape index (κ2) is 14.9. The largest absolute Gasteiger partial charge is 0.385 e. The van der Waals surface area contributed by atoms with E-state index in [2.05, 4.69) is 79.6 Å². The molecule has 4 aliphatic heterocycles. The van der Waals surface area contributed by atoms with Gasteiger partial charge in [-0.3, -0.25) is 24.6 Å². The number of carbonyl (C=O) groups excluding carboxylic acids is 3. The molecule has 8 rings (SSSR count). The van der Waals surface area contributed by atoms with Crippen LogP contribution in [0.5, 0.6) is 0 Å². The van der Waals surface area contributed by atoms with E-state index in [0.717, 1.165) is 68.1 Å². The maximum atomic E-state index is 13.1. The lowest BCUT2D eigenvalue weighted by Crippen LogP contribution is -2.52. The number of aromatic nitrogens is 3. The number of rotatable bonds is 9. The molecule has 12 nitrogen and oxygen atoms in total. The highest BCUT2D eigenvalue weighted by atomic mass is 16.3. The number of aliphatic hydroxyl groups is 1. The average molecular weight is 729 g/mol. The smallest absolute Gasteiger partial charge is 0.255 e. The summed E-state index contributed by atoms with van der Waals surface area (Å²) in [6.07, 6.45) is 9.59. The van der Waals surface area contributed by atoms with Crippen LogP contribution in [0.15, 0.2) is 73.2 Å². The van der Waals surface area contributed by atoms with Gasteiger partial charge in [-0.15, -0.1) is 0 Å². The summed E-state index contributed by atoms with van der Waals surface area (Å²) >= 11 is 0. The van der Waals surface area contributed by atoms with Gasteiger partial charge < -0.3 is 20.2 Å². The molecule has 54 heavy (non-hydrogen) atoms. The number of piperidine rings is 3. The summed E-state index contributed by atoms with van der Waals surface area (Å²) in [5, 5.41) is 17.3. The molecule has 0 bridgehead atoms. The van der Waals surface area contributed by atoms with Gasteiger partial charge >= 0.3 is 0 Å². The molecule has 1 unspecified atom stereocenters. The van der Waals surface area contributed by atoms with E-state index in [1.807, 2.05) is 36.8 Å². The van der Waals surface area contributed by atoms with Gasteiger partial charge in [-0.2, -0.15) is 0 Å². The predicted molar refractivity (Wildman–Crippen MR) is 205 cm³/mol. The van der Waals surface area contributed by atoms with Gasteiger partial charge in [-0.1, -0.05) is 44.2 Å². The van der Waals surface area contributed by atoms with Crippen molar-refractivity contribution in [2.24, 2.45) is 0 Å². The average Bonchev–Trinajstić information content (AvgIpc) is 3.51. The summed E-state index contributed by atoms with van der Waals surface area (Å²) in [5.41, 5.74) is 6.10. The first-order chi connectivity index (χ1) is 26.1. The fourth-order valence-electron chi connectivity index (χ4n) is 8.31. The Morgan fingerprint density at radius 2 is 1.63 bits per heavy atom. The fraction of sp³-hybridized carbons (Fsp3) is 0.429. The Morgan fingerprint density at radius 3 is 2.30 bits per heavy atom. The molecular formula is C42H48N8O4. The Bertz CT molecular complexity index is 2000. The summed E-state index contributed by atoms with van der Waals surface area (Å²) in [6.45, 7) is 8.89. The van der Waals surface area contributed by atoms with Gasteiger partial charge in [0, 0.05) is 75.5 Å². The van der Waals surface area contributed by atoms with Gasteiger partial charge in [-0.25, -0.2) is 15.0 Å². The molecule has 2 aromatic carbocycles. The lowest BCUT2D eigenvalue weighted by atomic mass is 9.83. The molecular weight excluding hydrogens is 681 g/mol. The summed E-state index contributed by atoms with van der Waals surface area (Å²) in [4.78, 5) is 57.1. The fourth-order valence-corrected chi connectivity index (χ4v) is 8.31. The van der Waals surface area contributed by atoms with Gasteiger partial charge in [0.1, 0.15) is 11.9 Å². The zero-order valence-corrected chi connectivity index (χ0v) is 31.0. The van der Waals surface area contributed by atoms with Crippen LogP contribution in [-0.4, -0.2) is 79.8 Å². The first-order valence-electron chi connectivity index (χ1n) is 19.2. The molecule has 3 N–H and O–H groups in total. The van der Waals surface area contributed by atoms with Crippen LogP contribution in [-0.2, 0) is 28.3 Å². The van der Waals surface area contributed by atoms with E-state index in [9.17, 15) is 19.5 Å². The molecule has 6 heterocycles. The Kier molecular flexibility index (Phi) is 9.89. The zero-order chi connectivity index (χ0) is 37.4. The van der Waals surface area contributed by atoms with Crippen LogP contribution in [0.25, 0.3) is 0 Å². The van der Waals surface area contributed by atoms with E-state index in [1.54, 1.807) is 11.0 Å². The monoisotopic (exact) mass is 728 g/mol. The molecule has 0 aliphatic carbocycles. The van der Waals surface area contributed by atoms with Crippen LogP contribution >= 0.6 is 0 Å². The number of fused-ring (bicyclic) bond motifs is 1. The van der Waals surface area contributed by atoms with Gasteiger partial charge in [-0.05, 0) is 96.0 Å². The second-order valence-corrected chi connectivity index (χ2v) is 15.6. The summed E-state index contributed by atoms with van der Waals surface area (Å²) < 4.78 is 0. The standard InChI is InChI=1S/C42H48N8O4/c1-27(2)32-23-44-41(45-24-32)46-37-11-5-30(22-43-37)29-13-17-49(18-14-29)34-7-3-28(4-8-34)25-48-19-15-42(54,16-20-48)33-6-9-35-31(21-33)26-50(40(35)53)36-10-12-38(51)47-39(36)52/h3-9,11,21-24,27,29,36,54H,10,12-20,25-26H2,1-2H3,(H,47,51,52)(H,43,44,45,46). The summed E-state index contributed by atoms with van der Waals surface area (Å²) in [6, 6.07) is 18.0. The van der Waals surface area contributed by atoms with Crippen LogP contribution in [0.2, 0.25) is 0 Å². The van der Waals surface area contributed by atoms with Crippen molar-refractivity contribution in [3.8, 4) is 0 Å². The maximum absolute atomic E-state index is 13.1. The van der Waals surface area contributed by atoms with E-state index in [1.165, 1.54) is 16.8 Å². The number of hydrogen-bond donors (Lipinski definition) is 3. The number of pyridine rings is 1. The van der Waals surface area contributed by atoms with Gasteiger partial charge in [0.15, 0.2) is 0 Å². The minimum atomic E-state index is -0.976. The first kappa shape index (κ1) is 35.8. The Morgan fingerprint density at radius 1 is 0.889 bits per heavy atom. The van der Waals surface area contributed by atoms with Gasteiger partial charge in [0.2, 0.25) is 17.8 Å². The van der Waals surface area contributed by atoms with Crippen molar-refractivity contribution in [3.63, 3.8) is 0 Å². The normalized spacial score (nSPS) is 20.7. The van der Waals surface area contributed by atoms with Crippen molar-refractivity contribution in [3.05, 3.63) is 107 Å².